The predicted octanol–water partition coefficient (Wildman–Crippen LogP) is 1.74. The van der Waals surface area contributed by atoms with Gasteiger partial charge in [0, 0.05) is 31.0 Å². The Balaban J connectivity index is 2.91. The molecule has 0 saturated carbocycles. The zero-order valence-electron chi connectivity index (χ0n) is 10.5. The topological polar surface area (TPSA) is 55.0 Å². The lowest BCUT2D eigenvalue weighted by Gasteiger charge is -2.30. The maximum absolute atomic E-state index is 5.65. The molecule has 0 spiro atoms. The third-order valence-electron chi connectivity index (χ3n) is 2.79. The highest BCUT2D eigenvalue weighted by molar-refractivity contribution is 5.31. The molecule has 4 heteroatoms. The number of rotatable bonds is 6. The summed E-state index contributed by atoms with van der Waals surface area (Å²) in [7, 11) is 0. The van der Waals surface area contributed by atoms with Gasteiger partial charge in [0.2, 0.25) is 5.95 Å². The predicted molar refractivity (Wildman–Crippen MR) is 67.5 cm³/mol. The highest BCUT2D eigenvalue weighted by Gasteiger charge is 2.17. The molecule has 0 aliphatic heterocycles. The molecule has 0 unspecified atom stereocenters. The summed E-state index contributed by atoms with van der Waals surface area (Å²) < 4.78 is 0. The Hall–Kier alpha value is -1.16. The summed E-state index contributed by atoms with van der Waals surface area (Å²) in [6.07, 6.45) is 3.99. The second-order valence-corrected chi connectivity index (χ2v) is 3.95. The van der Waals surface area contributed by atoms with Gasteiger partial charge in [-0.2, -0.15) is 0 Å². The van der Waals surface area contributed by atoms with E-state index < -0.39 is 0 Å². The van der Waals surface area contributed by atoms with Crippen molar-refractivity contribution < 1.29 is 0 Å². The molecule has 0 bridgehead atoms. The summed E-state index contributed by atoms with van der Waals surface area (Å²) in [5, 5.41) is 0. The number of aromatic nitrogens is 2. The van der Waals surface area contributed by atoms with Crippen molar-refractivity contribution >= 4 is 5.95 Å². The standard InChI is InChI=1S/C12H22N4/c1-4-11(5-2)16(9-7-13)12-14-8-6-10(3)15-12/h6,8,11H,4-5,7,9,13H2,1-3H3. The van der Waals surface area contributed by atoms with Gasteiger partial charge in [-0.1, -0.05) is 13.8 Å². The Bertz CT molecular complexity index is 310. The number of hydrogen-bond donors (Lipinski definition) is 1. The number of hydrogen-bond acceptors (Lipinski definition) is 4. The zero-order chi connectivity index (χ0) is 12.0. The lowest BCUT2D eigenvalue weighted by atomic mass is 10.1. The molecule has 0 saturated heterocycles. The summed E-state index contributed by atoms with van der Waals surface area (Å²) in [4.78, 5) is 11.0. The summed E-state index contributed by atoms with van der Waals surface area (Å²) in [5.74, 6) is 0.805. The van der Waals surface area contributed by atoms with Crippen LogP contribution in [0, 0.1) is 6.92 Å². The second kappa shape index (κ2) is 6.43. The van der Waals surface area contributed by atoms with Crippen molar-refractivity contribution in [1.29, 1.82) is 0 Å². The van der Waals surface area contributed by atoms with Gasteiger partial charge in [0.15, 0.2) is 0 Å². The van der Waals surface area contributed by atoms with Gasteiger partial charge in [0.05, 0.1) is 0 Å². The molecular formula is C12H22N4. The van der Waals surface area contributed by atoms with E-state index in [0.717, 1.165) is 31.0 Å². The van der Waals surface area contributed by atoms with Crippen molar-refractivity contribution in [2.24, 2.45) is 5.73 Å². The lowest BCUT2D eigenvalue weighted by molar-refractivity contribution is 0.548. The zero-order valence-corrected chi connectivity index (χ0v) is 10.5. The molecule has 0 aliphatic carbocycles. The van der Waals surface area contributed by atoms with Crippen LogP contribution in [0.1, 0.15) is 32.4 Å². The van der Waals surface area contributed by atoms with Crippen LogP contribution < -0.4 is 10.6 Å². The van der Waals surface area contributed by atoms with Gasteiger partial charge in [-0.3, -0.25) is 0 Å². The monoisotopic (exact) mass is 222 g/mol. The summed E-state index contributed by atoms with van der Waals surface area (Å²) in [5.41, 5.74) is 6.65. The minimum Gasteiger partial charge on any atom is -0.337 e. The molecule has 0 amide bonds. The van der Waals surface area contributed by atoms with Crippen molar-refractivity contribution in [1.82, 2.24) is 9.97 Å². The first kappa shape index (κ1) is 12.9. The van der Waals surface area contributed by atoms with Gasteiger partial charge in [-0.05, 0) is 25.8 Å². The molecule has 1 heterocycles. The Labute approximate surface area is 97.9 Å². The number of anilines is 1. The van der Waals surface area contributed by atoms with Crippen LogP contribution in [0.4, 0.5) is 5.95 Å². The number of nitrogens with two attached hydrogens (primary N) is 1. The second-order valence-electron chi connectivity index (χ2n) is 3.95. The third kappa shape index (κ3) is 3.17. The normalized spacial score (nSPS) is 10.8. The van der Waals surface area contributed by atoms with Gasteiger partial charge < -0.3 is 10.6 Å². The molecule has 1 rings (SSSR count). The molecular weight excluding hydrogens is 200 g/mol. The van der Waals surface area contributed by atoms with Crippen LogP contribution in [0.2, 0.25) is 0 Å². The van der Waals surface area contributed by atoms with Crippen LogP contribution in [-0.4, -0.2) is 29.1 Å². The fourth-order valence-corrected chi connectivity index (χ4v) is 1.89. The van der Waals surface area contributed by atoms with Gasteiger partial charge in [-0.15, -0.1) is 0 Å². The van der Waals surface area contributed by atoms with E-state index >= 15 is 0 Å². The molecule has 0 aromatic carbocycles. The lowest BCUT2D eigenvalue weighted by Crippen LogP contribution is -2.39. The van der Waals surface area contributed by atoms with Gasteiger partial charge in [0.1, 0.15) is 0 Å². The van der Waals surface area contributed by atoms with Crippen LogP contribution in [0.15, 0.2) is 12.3 Å². The fourth-order valence-electron chi connectivity index (χ4n) is 1.89. The Kier molecular flexibility index (Phi) is 5.19. The van der Waals surface area contributed by atoms with Crippen LogP contribution in [0.25, 0.3) is 0 Å². The summed E-state index contributed by atoms with van der Waals surface area (Å²) in [6.45, 7) is 7.81. The van der Waals surface area contributed by atoms with Crippen LogP contribution >= 0.6 is 0 Å². The smallest absolute Gasteiger partial charge is 0.225 e. The molecule has 0 aliphatic rings. The van der Waals surface area contributed by atoms with Crippen molar-refractivity contribution in [3.63, 3.8) is 0 Å². The molecule has 0 fully saturated rings. The molecule has 1 aromatic rings. The van der Waals surface area contributed by atoms with E-state index in [1.165, 1.54) is 0 Å². The quantitative estimate of drug-likeness (QED) is 0.796. The molecule has 1 aromatic heterocycles. The Morgan fingerprint density at radius 3 is 2.56 bits per heavy atom. The van der Waals surface area contributed by atoms with Gasteiger partial charge in [-0.25, -0.2) is 9.97 Å². The highest BCUT2D eigenvalue weighted by atomic mass is 15.3. The van der Waals surface area contributed by atoms with Crippen molar-refractivity contribution in [2.75, 3.05) is 18.0 Å². The highest BCUT2D eigenvalue weighted by Crippen LogP contribution is 2.15. The average Bonchev–Trinajstić information content (AvgIpc) is 2.29. The van der Waals surface area contributed by atoms with Crippen LogP contribution in [-0.2, 0) is 0 Å². The molecule has 0 atom stereocenters. The van der Waals surface area contributed by atoms with Crippen LogP contribution in [0.3, 0.4) is 0 Å². The van der Waals surface area contributed by atoms with E-state index in [1.54, 1.807) is 0 Å². The maximum Gasteiger partial charge on any atom is 0.225 e. The van der Waals surface area contributed by atoms with E-state index in [0.29, 0.717) is 12.6 Å². The molecule has 16 heavy (non-hydrogen) atoms. The van der Waals surface area contributed by atoms with Crippen LogP contribution in [0.5, 0.6) is 0 Å². The number of nitrogens with zero attached hydrogens (tertiary/aromatic N) is 3. The van der Waals surface area contributed by atoms with E-state index in [1.807, 2.05) is 19.2 Å². The average molecular weight is 222 g/mol. The first-order valence-corrected chi connectivity index (χ1v) is 5.99. The number of aryl methyl sites for hydroxylation is 1. The van der Waals surface area contributed by atoms with Crippen molar-refractivity contribution in [2.45, 2.75) is 39.7 Å². The Morgan fingerprint density at radius 1 is 1.38 bits per heavy atom. The summed E-state index contributed by atoms with van der Waals surface area (Å²) in [6, 6.07) is 2.39. The molecule has 2 N–H and O–H groups in total. The maximum atomic E-state index is 5.65. The fraction of sp³-hybridized carbons (Fsp3) is 0.667. The SMILES string of the molecule is CCC(CC)N(CCN)c1nccc(C)n1. The van der Waals surface area contributed by atoms with E-state index in [4.69, 9.17) is 5.73 Å². The van der Waals surface area contributed by atoms with E-state index in [2.05, 4.69) is 28.7 Å². The van der Waals surface area contributed by atoms with E-state index in [-0.39, 0.29) is 0 Å². The minimum atomic E-state index is 0.477. The van der Waals surface area contributed by atoms with E-state index in [9.17, 15) is 0 Å². The van der Waals surface area contributed by atoms with Crippen molar-refractivity contribution in [3.05, 3.63) is 18.0 Å². The minimum absolute atomic E-state index is 0.477. The largest absolute Gasteiger partial charge is 0.337 e. The molecule has 0 radical (unpaired) electrons. The summed E-state index contributed by atoms with van der Waals surface area (Å²) >= 11 is 0. The van der Waals surface area contributed by atoms with Gasteiger partial charge in [0.25, 0.3) is 0 Å². The first-order valence-electron chi connectivity index (χ1n) is 5.99. The molecule has 4 nitrogen and oxygen atoms in total. The molecule has 90 valence electrons. The third-order valence-corrected chi connectivity index (χ3v) is 2.79. The van der Waals surface area contributed by atoms with Gasteiger partial charge >= 0.3 is 0 Å². The Morgan fingerprint density at radius 2 is 2.06 bits per heavy atom. The first-order chi connectivity index (χ1) is 7.72. The van der Waals surface area contributed by atoms with Crippen molar-refractivity contribution in [3.8, 4) is 0 Å².